The zero-order valence-corrected chi connectivity index (χ0v) is 12.5. The third-order valence-corrected chi connectivity index (χ3v) is 4.34. The number of hydrogen-bond donors (Lipinski definition) is 1. The zero-order valence-electron chi connectivity index (χ0n) is 10.2. The highest BCUT2D eigenvalue weighted by Crippen LogP contribution is 2.37. The van der Waals surface area contributed by atoms with Crippen molar-refractivity contribution in [3.8, 4) is 10.4 Å². The van der Waals surface area contributed by atoms with E-state index >= 15 is 0 Å². The molecule has 1 nitrogen and oxygen atoms in total. The van der Waals surface area contributed by atoms with E-state index in [2.05, 4.69) is 18.3 Å². The first-order chi connectivity index (χ1) is 8.72. The van der Waals surface area contributed by atoms with Crippen LogP contribution in [0.15, 0.2) is 29.6 Å². The van der Waals surface area contributed by atoms with Gasteiger partial charge >= 0.3 is 0 Å². The monoisotopic (exact) mass is 299 g/mol. The van der Waals surface area contributed by atoms with E-state index in [1.54, 1.807) is 11.3 Å². The SMILES string of the molecule is CCCNCc1ccc(-c2sccc2Cl)c(Cl)c1. The van der Waals surface area contributed by atoms with Gasteiger partial charge in [0.25, 0.3) is 0 Å². The summed E-state index contributed by atoms with van der Waals surface area (Å²) in [5, 5.41) is 6.86. The number of nitrogens with one attached hydrogen (secondary N) is 1. The van der Waals surface area contributed by atoms with Crippen LogP contribution >= 0.6 is 34.5 Å². The van der Waals surface area contributed by atoms with Crippen LogP contribution in [0.5, 0.6) is 0 Å². The summed E-state index contributed by atoms with van der Waals surface area (Å²) in [6.07, 6.45) is 1.14. The van der Waals surface area contributed by atoms with Crippen LogP contribution in [-0.2, 0) is 6.54 Å². The van der Waals surface area contributed by atoms with Gasteiger partial charge in [-0.2, -0.15) is 0 Å². The van der Waals surface area contributed by atoms with E-state index < -0.39 is 0 Å². The fourth-order valence-corrected chi connectivity index (χ4v) is 3.30. The van der Waals surface area contributed by atoms with Crippen LogP contribution in [0, 0.1) is 0 Å². The first-order valence-electron chi connectivity index (χ1n) is 5.95. The molecule has 0 spiro atoms. The van der Waals surface area contributed by atoms with E-state index in [1.807, 2.05) is 23.6 Å². The highest BCUT2D eigenvalue weighted by molar-refractivity contribution is 7.14. The Morgan fingerprint density at radius 1 is 1.17 bits per heavy atom. The molecule has 0 amide bonds. The van der Waals surface area contributed by atoms with Crippen molar-refractivity contribution in [3.63, 3.8) is 0 Å². The van der Waals surface area contributed by atoms with Crippen molar-refractivity contribution in [2.45, 2.75) is 19.9 Å². The average molecular weight is 300 g/mol. The Balaban J connectivity index is 2.18. The summed E-state index contributed by atoms with van der Waals surface area (Å²) < 4.78 is 0. The van der Waals surface area contributed by atoms with Gasteiger partial charge < -0.3 is 5.32 Å². The Morgan fingerprint density at radius 3 is 2.61 bits per heavy atom. The average Bonchev–Trinajstić information content (AvgIpc) is 2.76. The summed E-state index contributed by atoms with van der Waals surface area (Å²) in [4.78, 5) is 1.04. The summed E-state index contributed by atoms with van der Waals surface area (Å²) in [6.45, 7) is 4.03. The van der Waals surface area contributed by atoms with Gasteiger partial charge in [-0.1, -0.05) is 42.3 Å². The Hall–Kier alpha value is -0.540. The molecule has 0 atom stereocenters. The van der Waals surface area contributed by atoms with Gasteiger partial charge in [-0.3, -0.25) is 0 Å². The molecule has 96 valence electrons. The Morgan fingerprint density at radius 2 is 2.00 bits per heavy atom. The molecule has 4 heteroatoms. The van der Waals surface area contributed by atoms with E-state index in [-0.39, 0.29) is 0 Å². The van der Waals surface area contributed by atoms with Gasteiger partial charge in [0.05, 0.1) is 9.90 Å². The lowest BCUT2D eigenvalue weighted by molar-refractivity contribution is 0.675. The molecular weight excluding hydrogens is 285 g/mol. The molecule has 1 N–H and O–H groups in total. The highest BCUT2D eigenvalue weighted by Gasteiger charge is 2.09. The van der Waals surface area contributed by atoms with Gasteiger partial charge in [-0.15, -0.1) is 11.3 Å². The topological polar surface area (TPSA) is 12.0 Å². The summed E-state index contributed by atoms with van der Waals surface area (Å²) in [7, 11) is 0. The summed E-state index contributed by atoms with van der Waals surface area (Å²) in [5.41, 5.74) is 2.21. The third-order valence-electron chi connectivity index (χ3n) is 2.65. The number of benzene rings is 1. The minimum absolute atomic E-state index is 0.759. The molecule has 2 aromatic rings. The second kappa shape index (κ2) is 6.58. The summed E-state index contributed by atoms with van der Waals surface area (Å²) in [6, 6.07) is 8.05. The highest BCUT2D eigenvalue weighted by atomic mass is 35.5. The van der Waals surface area contributed by atoms with Gasteiger partial charge in [0.2, 0.25) is 0 Å². The zero-order chi connectivity index (χ0) is 13.0. The quantitative estimate of drug-likeness (QED) is 0.746. The van der Waals surface area contributed by atoms with Gasteiger partial charge in [-0.25, -0.2) is 0 Å². The van der Waals surface area contributed by atoms with Crippen LogP contribution < -0.4 is 5.32 Å². The molecule has 0 saturated heterocycles. The van der Waals surface area contributed by atoms with Crippen LogP contribution in [-0.4, -0.2) is 6.54 Å². The van der Waals surface area contributed by atoms with Crippen molar-refractivity contribution in [3.05, 3.63) is 45.3 Å². The van der Waals surface area contributed by atoms with Crippen molar-refractivity contribution in [2.75, 3.05) is 6.54 Å². The molecule has 0 saturated carbocycles. The fraction of sp³-hybridized carbons (Fsp3) is 0.286. The number of rotatable bonds is 5. The molecule has 18 heavy (non-hydrogen) atoms. The summed E-state index contributed by atoms with van der Waals surface area (Å²) in [5.74, 6) is 0. The smallest absolute Gasteiger partial charge is 0.0592 e. The van der Waals surface area contributed by atoms with E-state index in [1.165, 1.54) is 5.56 Å². The van der Waals surface area contributed by atoms with Gasteiger partial charge in [0.1, 0.15) is 0 Å². The third kappa shape index (κ3) is 3.27. The predicted octanol–water partition coefficient (Wildman–Crippen LogP) is 5.22. The lowest BCUT2D eigenvalue weighted by Crippen LogP contribution is -2.13. The van der Waals surface area contributed by atoms with Gasteiger partial charge in [0.15, 0.2) is 0 Å². The number of hydrogen-bond acceptors (Lipinski definition) is 2. The van der Waals surface area contributed by atoms with Crippen LogP contribution in [0.4, 0.5) is 0 Å². The van der Waals surface area contributed by atoms with Crippen molar-refractivity contribution in [1.29, 1.82) is 0 Å². The number of halogens is 2. The van der Waals surface area contributed by atoms with E-state index in [9.17, 15) is 0 Å². The molecule has 1 aromatic heterocycles. The second-order valence-corrected chi connectivity index (χ2v) is 5.82. The standard InChI is InChI=1S/C14H15Cl2NS/c1-2-6-17-9-10-3-4-11(13(16)8-10)14-12(15)5-7-18-14/h3-5,7-8,17H,2,6,9H2,1H3. The predicted molar refractivity (Wildman–Crippen MR) is 81.8 cm³/mol. The minimum Gasteiger partial charge on any atom is -0.313 e. The molecule has 0 unspecified atom stereocenters. The molecule has 0 aliphatic carbocycles. The van der Waals surface area contributed by atoms with Crippen LogP contribution in [0.2, 0.25) is 10.0 Å². The van der Waals surface area contributed by atoms with Crippen molar-refractivity contribution < 1.29 is 0 Å². The van der Waals surface area contributed by atoms with Gasteiger partial charge in [0, 0.05) is 17.1 Å². The Kier molecular flexibility index (Phi) is 5.07. The lowest BCUT2D eigenvalue weighted by atomic mass is 10.1. The Bertz CT molecular complexity index is 522. The molecule has 0 aliphatic heterocycles. The minimum atomic E-state index is 0.759. The molecule has 0 radical (unpaired) electrons. The summed E-state index contributed by atoms with van der Waals surface area (Å²) >= 11 is 14.1. The largest absolute Gasteiger partial charge is 0.313 e. The van der Waals surface area contributed by atoms with Gasteiger partial charge in [-0.05, 0) is 36.0 Å². The van der Waals surface area contributed by atoms with Crippen LogP contribution in [0.1, 0.15) is 18.9 Å². The normalized spacial score (nSPS) is 10.8. The first-order valence-corrected chi connectivity index (χ1v) is 7.58. The fourth-order valence-electron chi connectivity index (χ4n) is 1.75. The van der Waals surface area contributed by atoms with E-state index in [4.69, 9.17) is 23.2 Å². The number of thiophene rings is 1. The van der Waals surface area contributed by atoms with Crippen LogP contribution in [0.3, 0.4) is 0 Å². The molecule has 0 bridgehead atoms. The molecule has 1 aromatic carbocycles. The maximum absolute atomic E-state index is 6.33. The molecule has 0 aliphatic rings. The van der Waals surface area contributed by atoms with E-state index in [0.29, 0.717) is 0 Å². The van der Waals surface area contributed by atoms with Crippen LogP contribution in [0.25, 0.3) is 10.4 Å². The molecule has 1 heterocycles. The van der Waals surface area contributed by atoms with Crippen molar-refractivity contribution in [1.82, 2.24) is 5.32 Å². The molecule has 0 fully saturated rings. The maximum Gasteiger partial charge on any atom is 0.0592 e. The maximum atomic E-state index is 6.33. The molecule has 2 rings (SSSR count). The lowest BCUT2D eigenvalue weighted by Gasteiger charge is -2.07. The molecular formula is C14H15Cl2NS. The Labute approximate surface area is 122 Å². The van der Waals surface area contributed by atoms with Crippen molar-refractivity contribution >= 4 is 34.5 Å². The van der Waals surface area contributed by atoms with Crippen molar-refractivity contribution in [2.24, 2.45) is 0 Å². The second-order valence-electron chi connectivity index (χ2n) is 4.09. The van der Waals surface area contributed by atoms with E-state index in [0.717, 1.165) is 40.0 Å². The first kappa shape index (κ1) is 13.9.